The zero-order valence-corrected chi connectivity index (χ0v) is 12.0. The predicted molar refractivity (Wildman–Crippen MR) is 79.4 cm³/mol. The molecule has 0 atom stereocenters. The summed E-state index contributed by atoms with van der Waals surface area (Å²) in [5, 5.41) is 0. The van der Waals surface area contributed by atoms with Gasteiger partial charge in [-0.15, -0.1) is 0 Å². The van der Waals surface area contributed by atoms with Crippen molar-refractivity contribution < 1.29 is 0 Å². The molecule has 0 radical (unpaired) electrons. The molecule has 1 aromatic carbocycles. The number of hydrogen-bond acceptors (Lipinski definition) is 0. The zero-order chi connectivity index (χ0) is 13.3. The number of allylic oxidation sites excluding steroid dienone is 3. The van der Waals surface area contributed by atoms with Crippen LogP contribution in [0.1, 0.15) is 45.7 Å². The van der Waals surface area contributed by atoms with Gasteiger partial charge in [-0.1, -0.05) is 70.2 Å². The molecule has 0 heterocycles. The SMILES string of the molecule is C=CC1=C(C)Cc2ccccc2C1.CC.CC. The quantitative estimate of drug-likeness (QED) is 0.611. The van der Waals surface area contributed by atoms with Gasteiger partial charge in [0.1, 0.15) is 0 Å². The molecule has 1 aliphatic rings. The topological polar surface area (TPSA) is 0 Å². The van der Waals surface area contributed by atoms with E-state index in [0.717, 1.165) is 12.8 Å². The molecule has 0 amide bonds. The molecule has 17 heavy (non-hydrogen) atoms. The average molecular weight is 230 g/mol. The van der Waals surface area contributed by atoms with E-state index in [-0.39, 0.29) is 0 Å². The van der Waals surface area contributed by atoms with Crippen LogP contribution in [0.15, 0.2) is 48.1 Å². The van der Waals surface area contributed by atoms with E-state index in [9.17, 15) is 0 Å². The van der Waals surface area contributed by atoms with E-state index in [1.165, 1.54) is 22.3 Å². The molecule has 2 rings (SSSR count). The van der Waals surface area contributed by atoms with E-state index in [1.807, 2.05) is 33.8 Å². The molecule has 94 valence electrons. The van der Waals surface area contributed by atoms with Gasteiger partial charge in [0.25, 0.3) is 0 Å². The summed E-state index contributed by atoms with van der Waals surface area (Å²) < 4.78 is 0. The minimum atomic E-state index is 1.06. The van der Waals surface area contributed by atoms with Gasteiger partial charge in [0, 0.05) is 0 Å². The van der Waals surface area contributed by atoms with Gasteiger partial charge in [-0.05, 0) is 36.5 Å². The Bertz CT molecular complexity index is 369. The van der Waals surface area contributed by atoms with E-state index in [4.69, 9.17) is 0 Å². The Kier molecular flexibility index (Phi) is 8.13. The van der Waals surface area contributed by atoms with Gasteiger partial charge in [-0.25, -0.2) is 0 Å². The molecule has 1 aliphatic carbocycles. The van der Waals surface area contributed by atoms with Crippen LogP contribution >= 0.6 is 0 Å². The fourth-order valence-corrected chi connectivity index (χ4v) is 1.90. The molecular weight excluding hydrogens is 204 g/mol. The van der Waals surface area contributed by atoms with E-state index < -0.39 is 0 Å². The normalized spacial score (nSPS) is 12.5. The first kappa shape index (κ1) is 15.7. The van der Waals surface area contributed by atoms with Crippen molar-refractivity contribution in [1.82, 2.24) is 0 Å². The summed E-state index contributed by atoms with van der Waals surface area (Å²) in [4.78, 5) is 0. The van der Waals surface area contributed by atoms with Crippen LogP contribution in [0.25, 0.3) is 0 Å². The number of fused-ring (bicyclic) bond motifs is 1. The van der Waals surface area contributed by atoms with Crippen LogP contribution in [0.5, 0.6) is 0 Å². The lowest BCUT2D eigenvalue weighted by molar-refractivity contribution is 0.979. The van der Waals surface area contributed by atoms with Crippen LogP contribution in [0.2, 0.25) is 0 Å². The zero-order valence-electron chi connectivity index (χ0n) is 12.0. The molecule has 0 nitrogen and oxygen atoms in total. The summed E-state index contributed by atoms with van der Waals surface area (Å²) >= 11 is 0. The Balaban J connectivity index is 0.000000581. The maximum Gasteiger partial charge on any atom is -0.00236 e. The lowest BCUT2D eigenvalue weighted by Gasteiger charge is -2.18. The van der Waals surface area contributed by atoms with Crippen LogP contribution in [-0.4, -0.2) is 0 Å². The second-order valence-electron chi connectivity index (χ2n) is 3.63. The molecular formula is C17H26. The van der Waals surface area contributed by atoms with Gasteiger partial charge in [0.2, 0.25) is 0 Å². The van der Waals surface area contributed by atoms with Crippen LogP contribution in [0.3, 0.4) is 0 Å². The lowest BCUT2D eigenvalue weighted by Crippen LogP contribution is -2.05. The van der Waals surface area contributed by atoms with Gasteiger partial charge < -0.3 is 0 Å². The summed E-state index contributed by atoms with van der Waals surface area (Å²) in [6.07, 6.45) is 4.15. The van der Waals surface area contributed by atoms with Gasteiger partial charge in [0.05, 0.1) is 0 Å². The summed E-state index contributed by atoms with van der Waals surface area (Å²) in [5.74, 6) is 0. The first-order chi connectivity index (χ1) is 8.31. The molecule has 0 spiro atoms. The van der Waals surface area contributed by atoms with Crippen LogP contribution in [-0.2, 0) is 12.8 Å². The fourth-order valence-electron chi connectivity index (χ4n) is 1.90. The summed E-state index contributed by atoms with van der Waals surface area (Å²) in [7, 11) is 0. The van der Waals surface area contributed by atoms with Crippen molar-refractivity contribution in [1.29, 1.82) is 0 Å². The van der Waals surface area contributed by atoms with Crippen molar-refractivity contribution in [2.45, 2.75) is 47.5 Å². The molecule has 0 N–H and O–H groups in total. The van der Waals surface area contributed by atoms with E-state index >= 15 is 0 Å². The molecule has 0 aliphatic heterocycles. The largest absolute Gasteiger partial charge is 0.0988 e. The standard InChI is InChI=1S/C13H14.2C2H6/c1-3-11-9-13-7-5-4-6-12(13)8-10(11)2;2*1-2/h3-7H,1,8-9H2,2H3;2*1-2H3. The molecule has 0 heteroatoms. The number of benzene rings is 1. The van der Waals surface area contributed by atoms with Crippen molar-refractivity contribution in [3.63, 3.8) is 0 Å². The average Bonchev–Trinajstić information content (AvgIpc) is 2.42. The molecule has 0 fully saturated rings. The van der Waals surface area contributed by atoms with Crippen LogP contribution in [0, 0.1) is 0 Å². The third kappa shape index (κ3) is 4.22. The Hall–Kier alpha value is -1.30. The van der Waals surface area contributed by atoms with Crippen LogP contribution in [0.4, 0.5) is 0 Å². The van der Waals surface area contributed by atoms with Gasteiger partial charge in [-0.3, -0.25) is 0 Å². The van der Waals surface area contributed by atoms with Crippen LogP contribution < -0.4 is 0 Å². The molecule has 0 saturated heterocycles. The van der Waals surface area contributed by atoms with Crippen molar-refractivity contribution >= 4 is 0 Å². The third-order valence-electron chi connectivity index (χ3n) is 2.75. The second-order valence-corrected chi connectivity index (χ2v) is 3.63. The summed E-state index contributed by atoms with van der Waals surface area (Å²) in [5.41, 5.74) is 5.81. The Morgan fingerprint density at radius 1 is 0.941 bits per heavy atom. The maximum atomic E-state index is 3.85. The first-order valence-corrected chi connectivity index (χ1v) is 6.69. The highest BCUT2D eigenvalue weighted by molar-refractivity contribution is 5.42. The van der Waals surface area contributed by atoms with E-state index in [1.54, 1.807) is 0 Å². The number of rotatable bonds is 1. The Morgan fingerprint density at radius 2 is 1.41 bits per heavy atom. The highest BCUT2D eigenvalue weighted by atomic mass is 14.2. The molecule has 0 unspecified atom stereocenters. The van der Waals surface area contributed by atoms with E-state index in [2.05, 4.69) is 37.8 Å². The minimum absolute atomic E-state index is 1.06. The third-order valence-corrected chi connectivity index (χ3v) is 2.75. The highest BCUT2D eigenvalue weighted by Crippen LogP contribution is 2.25. The second kappa shape index (κ2) is 8.81. The molecule has 0 aromatic heterocycles. The van der Waals surface area contributed by atoms with Crippen molar-refractivity contribution in [3.05, 3.63) is 59.2 Å². The summed E-state index contributed by atoms with van der Waals surface area (Å²) in [6, 6.07) is 8.66. The smallest absolute Gasteiger partial charge is 0.00236 e. The van der Waals surface area contributed by atoms with Gasteiger partial charge in [0.15, 0.2) is 0 Å². The Labute approximate surface area is 107 Å². The summed E-state index contributed by atoms with van der Waals surface area (Å²) in [6.45, 7) is 14.1. The Morgan fingerprint density at radius 3 is 1.88 bits per heavy atom. The lowest BCUT2D eigenvalue weighted by atomic mass is 9.87. The first-order valence-electron chi connectivity index (χ1n) is 6.69. The molecule has 0 saturated carbocycles. The van der Waals surface area contributed by atoms with Crippen molar-refractivity contribution in [3.8, 4) is 0 Å². The van der Waals surface area contributed by atoms with Gasteiger partial charge >= 0.3 is 0 Å². The fraction of sp³-hybridized carbons (Fsp3) is 0.412. The van der Waals surface area contributed by atoms with Crippen molar-refractivity contribution in [2.75, 3.05) is 0 Å². The molecule has 0 bridgehead atoms. The van der Waals surface area contributed by atoms with Crippen molar-refractivity contribution in [2.24, 2.45) is 0 Å². The molecule has 1 aromatic rings. The minimum Gasteiger partial charge on any atom is -0.0988 e. The van der Waals surface area contributed by atoms with E-state index in [0.29, 0.717) is 0 Å². The maximum absolute atomic E-state index is 3.85. The van der Waals surface area contributed by atoms with Gasteiger partial charge in [-0.2, -0.15) is 0 Å². The monoisotopic (exact) mass is 230 g/mol. The highest BCUT2D eigenvalue weighted by Gasteiger charge is 2.11. The predicted octanol–water partition coefficient (Wildman–Crippen LogP) is 5.34. The number of hydrogen-bond donors (Lipinski definition) is 0.